The zero-order chi connectivity index (χ0) is 20.0. The predicted molar refractivity (Wildman–Crippen MR) is 105 cm³/mol. The average Bonchev–Trinajstić information content (AvgIpc) is 2.71. The fourth-order valence-corrected chi connectivity index (χ4v) is 4.39. The number of carbonyl (C=O) groups is 2. The number of nitrogens with one attached hydrogen (secondary N) is 2. The lowest BCUT2D eigenvalue weighted by atomic mass is 10.1. The maximum atomic E-state index is 13.1. The van der Waals surface area contributed by atoms with E-state index in [1.165, 1.54) is 0 Å². The fraction of sp³-hybridized carbons (Fsp3) is 0.263. The van der Waals surface area contributed by atoms with Crippen molar-refractivity contribution in [3.8, 4) is 0 Å². The fourth-order valence-electron chi connectivity index (χ4n) is 2.96. The third kappa shape index (κ3) is 4.47. The van der Waals surface area contributed by atoms with Gasteiger partial charge in [-0.25, -0.2) is 10.6 Å². The van der Waals surface area contributed by atoms with Gasteiger partial charge in [0.1, 0.15) is 6.61 Å². The number of nitrogens with zero attached hydrogens (tertiary/aromatic N) is 1. The standard InChI is InChI=1S/C19H21N4O4P/c20-23-13-7-12-19(17(23)24,28(26)22-16-10-5-2-6-11-16)21-18(25)27-14-15-8-3-1-4-9-15/h1-6,8-11H,7,12-14,20H2,(H-,21,22,25,26)/p+1. The largest absolute Gasteiger partial charge is 0.498 e. The van der Waals surface area contributed by atoms with Gasteiger partial charge in [0.2, 0.25) is 0 Å². The summed E-state index contributed by atoms with van der Waals surface area (Å²) in [4.78, 5) is 25.2. The summed E-state index contributed by atoms with van der Waals surface area (Å²) >= 11 is 0. The van der Waals surface area contributed by atoms with Crippen molar-refractivity contribution in [1.29, 1.82) is 0 Å². The zero-order valence-corrected chi connectivity index (χ0v) is 16.1. The highest BCUT2D eigenvalue weighted by molar-refractivity contribution is 7.49. The molecular formula is C19H22N4O4P+. The molecule has 3 rings (SSSR count). The van der Waals surface area contributed by atoms with E-state index in [2.05, 4.69) is 10.4 Å². The highest BCUT2D eigenvalue weighted by atomic mass is 31.1. The third-order valence-electron chi connectivity index (χ3n) is 4.42. The lowest BCUT2D eigenvalue weighted by molar-refractivity contribution is -0.137. The Morgan fingerprint density at radius 2 is 1.79 bits per heavy atom. The van der Waals surface area contributed by atoms with Crippen LogP contribution in [0.2, 0.25) is 0 Å². The normalized spacial score (nSPS) is 19.7. The average molecular weight is 401 g/mol. The minimum atomic E-state index is -2.41. The van der Waals surface area contributed by atoms with E-state index in [-0.39, 0.29) is 13.0 Å². The number of hydrogen-bond donors (Lipinski definition) is 3. The summed E-state index contributed by atoms with van der Waals surface area (Å²) in [5, 5.41) is 4.66. The topological polar surface area (TPSA) is 114 Å². The zero-order valence-electron chi connectivity index (χ0n) is 15.2. The molecule has 1 fully saturated rings. The first-order valence-electron chi connectivity index (χ1n) is 8.86. The molecule has 4 N–H and O–H groups in total. The van der Waals surface area contributed by atoms with E-state index in [1.807, 2.05) is 36.4 Å². The molecular weight excluding hydrogens is 379 g/mol. The summed E-state index contributed by atoms with van der Waals surface area (Å²) in [5.41, 5.74) is 1.37. The van der Waals surface area contributed by atoms with Crippen LogP contribution >= 0.6 is 7.95 Å². The van der Waals surface area contributed by atoms with E-state index < -0.39 is 25.2 Å². The van der Waals surface area contributed by atoms with Gasteiger partial charge in [-0.15, -0.1) is 0 Å². The van der Waals surface area contributed by atoms with E-state index >= 15 is 0 Å². The number of para-hydroxylation sites is 1. The van der Waals surface area contributed by atoms with Gasteiger partial charge in [0.05, 0.1) is 5.69 Å². The van der Waals surface area contributed by atoms with Crippen LogP contribution in [-0.2, 0) is 20.7 Å². The smallest absolute Gasteiger partial charge is 0.445 e. The molecule has 1 saturated heterocycles. The minimum Gasteiger partial charge on any atom is -0.445 e. The van der Waals surface area contributed by atoms with Gasteiger partial charge in [0.15, 0.2) is 0 Å². The number of benzene rings is 2. The van der Waals surface area contributed by atoms with Crippen molar-refractivity contribution in [3.63, 3.8) is 0 Å². The molecule has 8 nitrogen and oxygen atoms in total. The van der Waals surface area contributed by atoms with E-state index in [0.29, 0.717) is 18.7 Å². The summed E-state index contributed by atoms with van der Waals surface area (Å²) < 4.78 is 18.3. The van der Waals surface area contributed by atoms with E-state index in [1.54, 1.807) is 24.3 Å². The molecule has 2 amide bonds. The van der Waals surface area contributed by atoms with Crippen LogP contribution in [0, 0.1) is 0 Å². The highest BCUT2D eigenvalue weighted by Crippen LogP contribution is 2.43. The van der Waals surface area contributed by atoms with Crippen LogP contribution in [0.3, 0.4) is 0 Å². The number of nitrogens with two attached hydrogens (primary N) is 1. The summed E-state index contributed by atoms with van der Waals surface area (Å²) in [7, 11) is -2.41. The van der Waals surface area contributed by atoms with Gasteiger partial charge in [-0.1, -0.05) is 48.5 Å². The van der Waals surface area contributed by atoms with Crippen LogP contribution in [0.15, 0.2) is 60.7 Å². The van der Waals surface area contributed by atoms with Gasteiger partial charge in [0.25, 0.3) is 0 Å². The Balaban J connectivity index is 1.75. The summed E-state index contributed by atoms with van der Waals surface area (Å²) in [6, 6.07) is 18.0. The van der Waals surface area contributed by atoms with Crippen LogP contribution in [0.4, 0.5) is 10.5 Å². The minimum absolute atomic E-state index is 0.0339. The number of piperidine rings is 1. The Hall–Kier alpha value is -2.96. The summed E-state index contributed by atoms with van der Waals surface area (Å²) in [6.07, 6.45) is -0.140. The number of hydrazine groups is 1. The Kier molecular flexibility index (Phi) is 6.23. The van der Waals surface area contributed by atoms with Crippen molar-refractivity contribution in [2.24, 2.45) is 5.84 Å². The molecule has 0 aromatic heterocycles. The number of amides is 2. The first-order chi connectivity index (χ1) is 13.5. The van der Waals surface area contributed by atoms with Crippen molar-refractivity contribution in [3.05, 3.63) is 66.2 Å². The molecule has 9 heteroatoms. The molecule has 1 heterocycles. The lowest BCUT2D eigenvalue weighted by Crippen LogP contribution is -2.62. The molecule has 2 aromatic rings. The Bertz CT molecular complexity index is 850. The molecule has 2 unspecified atom stereocenters. The van der Waals surface area contributed by atoms with Crippen LogP contribution in [0.5, 0.6) is 0 Å². The molecule has 0 spiro atoms. The molecule has 2 aromatic carbocycles. The SMILES string of the molecule is NN1CCCC(NC(=O)OCc2ccccc2)([P+](=O)Nc2ccccc2)C1=O. The van der Waals surface area contributed by atoms with Crippen molar-refractivity contribution in [2.75, 3.05) is 11.6 Å². The Morgan fingerprint density at radius 3 is 2.46 bits per heavy atom. The first-order valence-corrected chi connectivity index (χ1v) is 10.1. The summed E-state index contributed by atoms with van der Waals surface area (Å²) in [6.45, 7) is 0.363. The first kappa shape index (κ1) is 19.8. The molecule has 2 atom stereocenters. The van der Waals surface area contributed by atoms with Crippen LogP contribution in [-0.4, -0.2) is 28.8 Å². The van der Waals surface area contributed by atoms with Crippen molar-refractivity contribution < 1.29 is 18.9 Å². The summed E-state index contributed by atoms with van der Waals surface area (Å²) in [5.74, 6) is 5.15. The maximum absolute atomic E-state index is 13.1. The van der Waals surface area contributed by atoms with Gasteiger partial charge >= 0.3 is 25.2 Å². The van der Waals surface area contributed by atoms with Crippen LogP contribution in [0.1, 0.15) is 18.4 Å². The monoisotopic (exact) mass is 401 g/mol. The van der Waals surface area contributed by atoms with Gasteiger partial charge < -0.3 is 4.74 Å². The lowest BCUT2D eigenvalue weighted by Gasteiger charge is -2.32. The number of rotatable bonds is 6. The second kappa shape index (κ2) is 8.82. The number of anilines is 1. The molecule has 0 aliphatic carbocycles. The van der Waals surface area contributed by atoms with Gasteiger partial charge in [-0.05, 0) is 28.7 Å². The highest BCUT2D eigenvalue weighted by Gasteiger charge is 2.61. The van der Waals surface area contributed by atoms with E-state index in [9.17, 15) is 14.2 Å². The maximum Gasteiger partial charge on any atom is 0.498 e. The quantitative estimate of drug-likeness (QED) is 0.390. The second-order valence-corrected chi connectivity index (χ2v) is 8.00. The Morgan fingerprint density at radius 1 is 1.14 bits per heavy atom. The van der Waals surface area contributed by atoms with Gasteiger partial charge in [-0.2, -0.15) is 5.09 Å². The number of carbonyl (C=O) groups excluding carboxylic acids is 2. The van der Waals surface area contributed by atoms with Crippen LogP contribution < -0.4 is 16.2 Å². The molecule has 146 valence electrons. The molecule has 0 radical (unpaired) electrons. The number of hydrogen-bond acceptors (Lipinski definition) is 5. The van der Waals surface area contributed by atoms with E-state index in [4.69, 9.17) is 10.6 Å². The second-order valence-electron chi connectivity index (χ2n) is 6.42. The van der Waals surface area contributed by atoms with Crippen molar-refractivity contribution >= 4 is 25.6 Å². The molecule has 28 heavy (non-hydrogen) atoms. The number of alkyl carbamates (subject to hydrolysis) is 1. The Labute approximate surface area is 163 Å². The molecule has 0 saturated carbocycles. The van der Waals surface area contributed by atoms with Crippen molar-refractivity contribution in [1.82, 2.24) is 10.3 Å². The van der Waals surface area contributed by atoms with E-state index in [0.717, 1.165) is 10.6 Å². The van der Waals surface area contributed by atoms with Gasteiger partial charge in [-0.3, -0.25) is 15.1 Å². The van der Waals surface area contributed by atoms with Gasteiger partial charge in [0, 0.05) is 13.0 Å². The molecule has 1 aliphatic rings. The third-order valence-corrected chi connectivity index (χ3v) is 6.11. The van der Waals surface area contributed by atoms with Crippen molar-refractivity contribution in [2.45, 2.75) is 24.7 Å². The van der Waals surface area contributed by atoms with Crippen LogP contribution in [0.25, 0.3) is 0 Å². The predicted octanol–water partition coefficient (Wildman–Crippen LogP) is 2.96. The molecule has 1 aliphatic heterocycles. The molecule has 0 bridgehead atoms. The number of ether oxygens (including phenoxy) is 1.